The summed E-state index contributed by atoms with van der Waals surface area (Å²) in [7, 11) is 0. The average molecular weight is 279 g/mol. The highest BCUT2D eigenvalue weighted by Gasteiger charge is 2.25. The van der Waals surface area contributed by atoms with Gasteiger partial charge in [-0.1, -0.05) is 60.7 Å². The standard InChI is InChI=1S/C19H21NO/c21-19-15-20(14-16-8-3-1-4-9-16)13-7-12-18(19)17-10-5-2-6-11-17/h1-6,8-11,18H,7,12-15H2. The molecule has 0 saturated carbocycles. The molecular weight excluding hydrogens is 258 g/mol. The summed E-state index contributed by atoms with van der Waals surface area (Å²) in [6.45, 7) is 2.44. The first-order chi connectivity index (χ1) is 10.3. The Morgan fingerprint density at radius 3 is 2.33 bits per heavy atom. The lowest BCUT2D eigenvalue weighted by Gasteiger charge is -2.19. The molecule has 1 unspecified atom stereocenters. The van der Waals surface area contributed by atoms with Crippen LogP contribution in [0.15, 0.2) is 60.7 Å². The van der Waals surface area contributed by atoms with Gasteiger partial charge >= 0.3 is 0 Å². The Labute approximate surface area is 126 Å². The maximum atomic E-state index is 12.6. The molecule has 1 aliphatic rings. The minimum absolute atomic E-state index is 0.0759. The molecule has 2 nitrogen and oxygen atoms in total. The molecule has 0 aliphatic carbocycles. The van der Waals surface area contributed by atoms with Gasteiger partial charge in [-0.25, -0.2) is 0 Å². The van der Waals surface area contributed by atoms with E-state index >= 15 is 0 Å². The van der Waals surface area contributed by atoms with Gasteiger partial charge < -0.3 is 0 Å². The summed E-state index contributed by atoms with van der Waals surface area (Å²) in [6, 6.07) is 20.6. The Balaban J connectivity index is 1.69. The number of carbonyl (C=O) groups excluding carboxylic acids is 1. The molecule has 0 bridgehead atoms. The molecule has 2 heteroatoms. The predicted molar refractivity (Wildman–Crippen MR) is 85.1 cm³/mol. The number of nitrogens with zero attached hydrogens (tertiary/aromatic N) is 1. The molecule has 1 atom stereocenters. The summed E-state index contributed by atoms with van der Waals surface area (Å²) in [6.07, 6.45) is 2.05. The quantitative estimate of drug-likeness (QED) is 0.855. The van der Waals surface area contributed by atoms with Gasteiger partial charge in [0.15, 0.2) is 5.78 Å². The molecule has 1 saturated heterocycles. The maximum absolute atomic E-state index is 12.6. The number of carbonyl (C=O) groups is 1. The van der Waals surface area contributed by atoms with Gasteiger partial charge in [0, 0.05) is 12.5 Å². The van der Waals surface area contributed by atoms with Crippen molar-refractivity contribution >= 4 is 5.78 Å². The SMILES string of the molecule is O=C1CN(Cc2ccccc2)CCCC1c1ccccc1. The van der Waals surface area contributed by atoms with E-state index in [1.165, 1.54) is 11.1 Å². The minimum atomic E-state index is 0.0759. The van der Waals surface area contributed by atoms with Crippen LogP contribution in [0.2, 0.25) is 0 Å². The fraction of sp³-hybridized carbons (Fsp3) is 0.316. The highest BCUT2D eigenvalue weighted by atomic mass is 16.1. The van der Waals surface area contributed by atoms with Crippen LogP contribution in [-0.4, -0.2) is 23.8 Å². The van der Waals surface area contributed by atoms with Crippen LogP contribution in [0.5, 0.6) is 0 Å². The van der Waals surface area contributed by atoms with Gasteiger partial charge in [-0.2, -0.15) is 0 Å². The number of rotatable bonds is 3. The smallest absolute Gasteiger partial charge is 0.154 e. The first-order valence-electron chi connectivity index (χ1n) is 7.67. The lowest BCUT2D eigenvalue weighted by atomic mass is 9.91. The number of Topliss-reactive ketones (excluding diaryl/α,β-unsaturated/α-hetero) is 1. The van der Waals surface area contributed by atoms with Gasteiger partial charge in [-0.05, 0) is 30.5 Å². The Hall–Kier alpha value is -1.93. The summed E-state index contributed by atoms with van der Waals surface area (Å²) >= 11 is 0. The lowest BCUT2D eigenvalue weighted by molar-refractivity contribution is -0.121. The summed E-state index contributed by atoms with van der Waals surface area (Å²) in [4.78, 5) is 14.9. The third-order valence-corrected chi connectivity index (χ3v) is 4.19. The molecular formula is C19H21NO. The van der Waals surface area contributed by atoms with E-state index in [-0.39, 0.29) is 5.92 Å². The molecule has 2 aromatic carbocycles. The molecule has 108 valence electrons. The first kappa shape index (κ1) is 14.0. The molecule has 2 aromatic rings. The summed E-state index contributed by atoms with van der Waals surface area (Å²) in [5, 5.41) is 0. The first-order valence-corrected chi connectivity index (χ1v) is 7.67. The zero-order valence-corrected chi connectivity index (χ0v) is 12.2. The highest BCUT2D eigenvalue weighted by molar-refractivity contribution is 5.87. The van der Waals surface area contributed by atoms with Crippen molar-refractivity contribution in [2.24, 2.45) is 0 Å². The zero-order chi connectivity index (χ0) is 14.5. The summed E-state index contributed by atoms with van der Waals surface area (Å²) in [5.41, 5.74) is 2.45. The van der Waals surface area contributed by atoms with Crippen molar-refractivity contribution in [3.8, 4) is 0 Å². The van der Waals surface area contributed by atoms with Crippen LogP contribution < -0.4 is 0 Å². The van der Waals surface area contributed by atoms with Crippen LogP contribution in [0.1, 0.15) is 29.9 Å². The number of likely N-dealkylation sites (tertiary alicyclic amines) is 1. The minimum Gasteiger partial charge on any atom is -0.298 e. The number of benzene rings is 2. The highest BCUT2D eigenvalue weighted by Crippen LogP contribution is 2.26. The molecule has 21 heavy (non-hydrogen) atoms. The maximum Gasteiger partial charge on any atom is 0.154 e. The molecule has 0 aromatic heterocycles. The van der Waals surface area contributed by atoms with E-state index in [0.29, 0.717) is 12.3 Å². The fourth-order valence-electron chi connectivity index (χ4n) is 3.10. The van der Waals surface area contributed by atoms with Crippen LogP contribution in [0.25, 0.3) is 0 Å². The van der Waals surface area contributed by atoms with Crippen LogP contribution in [0.4, 0.5) is 0 Å². The Bertz CT molecular complexity index is 579. The Morgan fingerprint density at radius 2 is 1.62 bits per heavy atom. The van der Waals surface area contributed by atoms with Crippen molar-refractivity contribution in [2.45, 2.75) is 25.3 Å². The topological polar surface area (TPSA) is 20.3 Å². The van der Waals surface area contributed by atoms with E-state index < -0.39 is 0 Å². The molecule has 1 heterocycles. The van der Waals surface area contributed by atoms with E-state index in [1.807, 2.05) is 24.3 Å². The number of hydrogen-bond donors (Lipinski definition) is 0. The fourth-order valence-corrected chi connectivity index (χ4v) is 3.10. The van der Waals surface area contributed by atoms with Crippen LogP contribution in [0, 0.1) is 0 Å². The summed E-state index contributed by atoms with van der Waals surface area (Å²) < 4.78 is 0. The van der Waals surface area contributed by atoms with Crippen molar-refractivity contribution < 1.29 is 4.79 Å². The predicted octanol–water partition coefficient (Wildman–Crippen LogP) is 3.64. The third kappa shape index (κ3) is 3.59. The van der Waals surface area contributed by atoms with Crippen molar-refractivity contribution in [2.75, 3.05) is 13.1 Å². The van der Waals surface area contributed by atoms with Crippen molar-refractivity contribution in [3.05, 3.63) is 71.8 Å². The molecule has 1 fully saturated rings. The van der Waals surface area contributed by atoms with E-state index in [9.17, 15) is 4.79 Å². The zero-order valence-electron chi connectivity index (χ0n) is 12.2. The average Bonchev–Trinajstić information content (AvgIpc) is 2.70. The third-order valence-electron chi connectivity index (χ3n) is 4.19. The largest absolute Gasteiger partial charge is 0.298 e. The molecule has 1 aliphatic heterocycles. The summed E-state index contributed by atoms with van der Waals surface area (Å²) in [5.74, 6) is 0.432. The molecule has 0 amide bonds. The van der Waals surface area contributed by atoms with Crippen molar-refractivity contribution in [3.63, 3.8) is 0 Å². The number of ketones is 1. The van der Waals surface area contributed by atoms with Crippen LogP contribution >= 0.6 is 0 Å². The van der Waals surface area contributed by atoms with Gasteiger partial charge in [0.05, 0.1) is 6.54 Å². The molecule has 0 N–H and O–H groups in total. The lowest BCUT2D eigenvalue weighted by Crippen LogP contribution is -2.29. The number of hydrogen-bond acceptors (Lipinski definition) is 2. The Morgan fingerprint density at radius 1 is 0.952 bits per heavy atom. The van der Waals surface area contributed by atoms with Gasteiger partial charge in [0.1, 0.15) is 0 Å². The monoisotopic (exact) mass is 279 g/mol. The van der Waals surface area contributed by atoms with Gasteiger partial charge in [0.25, 0.3) is 0 Å². The van der Waals surface area contributed by atoms with E-state index in [0.717, 1.165) is 25.9 Å². The van der Waals surface area contributed by atoms with Crippen molar-refractivity contribution in [1.29, 1.82) is 0 Å². The normalized spacial score (nSPS) is 20.2. The van der Waals surface area contributed by atoms with Gasteiger partial charge in [-0.3, -0.25) is 9.69 Å². The Kier molecular flexibility index (Phi) is 4.46. The molecule has 3 rings (SSSR count). The molecule has 0 spiro atoms. The molecule has 0 radical (unpaired) electrons. The van der Waals surface area contributed by atoms with E-state index in [4.69, 9.17) is 0 Å². The second-order valence-electron chi connectivity index (χ2n) is 5.77. The second-order valence-corrected chi connectivity index (χ2v) is 5.77. The van der Waals surface area contributed by atoms with E-state index in [2.05, 4.69) is 41.3 Å². The van der Waals surface area contributed by atoms with Crippen LogP contribution in [-0.2, 0) is 11.3 Å². The van der Waals surface area contributed by atoms with Gasteiger partial charge in [0.2, 0.25) is 0 Å². The van der Waals surface area contributed by atoms with Crippen LogP contribution in [0.3, 0.4) is 0 Å². The van der Waals surface area contributed by atoms with Gasteiger partial charge in [-0.15, -0.1) is 0 Å². The second kappa shape index (κ2) is 6.68. The van der Waals surface area contributed by atoms with E-state index in [1.54, 1.807) is 0 Å². The van der Waals surface area contributed by atoms with Crippen molar-refractivity contribution in [1.82, 2.24) is 4.90 Å².